The van der Waals surface area contributed by atoms with Crippen LogP contribution >= 0.6 is 0 Å². The van der Waals surface area contributed by atoms with Gasteiger partial charge in [0.1, 0.15) is 12.4 Å². The van der Waals surface area contributed by atoms with Crippen molar-refractivity contribution >= 4 is 5.91 Å². The summed E-state index contributed by atoms with van der Waals surface area (Å²) < 4.78 is 5.52. The molecule has 0 saturated carbocycles. The highest BCUT2D eigenvalue weighted by atomic mass is 16.5. The third-order valence-electron chi connectivity index (χ3n) is 5.28. The summed E-state index contributed by atoms with van der Waals surface area (Å²) in [4.78, 5) is 14.4. The highest BCUT2D eigenvalue weighted by Gasteiger charge is 2.43. The third kappa shape index (κ3) is 3.90. The molecular formula is C19H28N2O3. The van der Waals surface area contributed by atoms with Gasteiger partial charge in [0, 0.05) is 19.0 Å². The standard InChI is InChI=1S/C19H28N2O3/c1-19-9-2-3-10-21(17(19)7-8-18(23)20-19)14-15-5-4-6-16(13-15)24-12-11-22/h4-6,13,17,22H,2-3,7-12,14H2,1H3,(H,20,23)/t17-,19-/m0/s1. The first-order valence-corrected chi connectivity index (χ1v) is 8.98. The number of aliphatic hydroxyl groups excluding tert-OH is 1. The van der Waals surface area contributed by atoms with Crippen molar-refractivity contribution in [1.82, 2.24) is 10.2 Å². The van der Waals surface area contributed by atoms with Gasteiger partial charge in [0.25, 0.3) is 0 Å². The minimum Gasteiger partial charge on any atom is -0.491 e. The van der Waals surface area contributed by atoms with E-state index in [1.165, 1.54) is 12.0 Å². The summed E-state index contributed by atoms with van der Waals surface area (Å²) in [5, 5.41) is 12.2. The minimum atomic E-state index is -0.114. The van der Waals surface area contributed by atoms with Crippen LogP contribution in [0, 0.1) is 0 Å². The number of nitrogens with zero attached hydrogens (tertiary/aromatic N) is 1. The summed E-state index contributed by atoms with van der Waals surface area (Å²) in [6.07, 6.45) is 4.94. The molecule has 0 aliphatic carbocycles. The molecule has 132 valence electrons. The number of carbonyl (C=O) groups excluding carboxylic acids is 1. The van der Waals surface area contributed by atoms with Crippen molar-refractivity contribution in [2.24, 2.45) is 0 Å². The van der Waals surface area contributed by atoms with Gasteiger partial charge < -0.3 is 15.2 Å². The van der Waals surface area contributed by atoms with Gasteiger partial charge in [0.05, 0.1) is 12.1 Å². The quantitative estimate of drug-likeness (QED) is 0.867. The zero-order valence-corrected chi connectivity index (χ0v) is 14.5. The van der Waals surface area contributed by atoms with Gasteiger partial charge in [-0.15, -0.1) is 0 Å². The second kappa shape index (κ2) is 7.53. The Hall–Kier alpha value is -1.59. The summed E-state index contributed by atoms with van der Waals surface area (Å²) >= 11 is 0. The van der Waals surface area contributed by atoms with Gasteiger partial charge in [0.2, 0.25) is 5.91 Å². The first kappa shape index (κ1) is 17.2. The van der Waals surface area contributed by atoms with Crippen LogP contribution < -0.4 is 10.1 Å². The molecule has 5 heteroatoms. The van der Waals surface area contributed by atoms with Crippen molar-refractivity contribution in [2.75, 3.05) is 19.8 Å². The first-order valence-electron chi connectivity index (χ1n) is 8.98. The molecule has 0 bridgehead atoms. The summed E-state index contributed by atoms with van der Waals surface area (Å²) in [7, 11) is 0. The monoisotopic (exact) mass is 332 g/mol. The van der Waals surface area contributed by atoms with Gasteiger partial charge in [-0.2, -0.15) is 0 Å². The number of hydrogen-bond acceptors (Lipinski definition) is 4. The molecular weight excluding hydrogens is 304 g/mol. The molecule has 2 aliphatic heterocycles. The SMILES string of the molecule is C[C@]12CCCCN(Cc3cccc(OCCO)c3)[C@H]1CCC(=O)N2. The number of benzene rings is 1. The summed E-state index contributed by atoms with van der Waals surface area (Å²) in [6.45, 7) is 4.48. The average Bonchev–Trinajstić information content (AvgIpc) is 2.71. The van der Waals surface area contributed by atoms with Crippen molar-refractivity contribution in [3.63, 3.8) is 0 Å². The summed E-state index contributed by atoms with van der Waals surface area (Å²) in [6, 6.07) is 8.49. The van der Waals surface area contributed by atoms with Crippen molar-refractivity contribution in [3.05, 3.63) is 29.8 Å². The van der Waals surface area contributed by atoms with Crippen LogP contribution in [0.1, 0.15) is 44.6 Å². The number of aliphatic hydroxyl groups is 1. The molecule has 2 atom stereocenters. The van der Waals surface area contributed by atoms with Gasteiger partial charge in [-0.25, -0.2) is 0 Å². The van der Waals surface area contributed by atoms with Crippen LogP contribution in [0.2, 0.25) is 0 Å². The molecule has 2 N–H and O–H groups in total. The van der Waals surface area contributed by atoms with Gasteiger partial charge >= 0.3 is 0 Å². The molecule has 0 spiro atoms. The molecule has 0 aromatic heterocycles. The topological polar surface area (TPSA) is 61.8 Å². The van der Waals surface area contributed by atoms with E-state index in [1.54, 1.807) is 0 Å². The Bertz CT molecular complexity index is 577. The number of nitrogens with one attached hydrogen (secondary N) is 1. The van der Waals surface area contributed by atoms with E-state index in [4.69, 9.17) is 9.84 Å². The Morgan fingerprint density at radius 2 is 2.29 bits per heavy atom. The Balaban J connectivity index is 1.74. The molecule has 24 heavy (non-hydrogen) atoms. The third-order valence-corrected chi connectivity index (χ3v) is 5.28. The lowest BCUT2D eigenvalue weighted by molar-refractivity contribution is -0.127. The zero-order chi connectivity index (χ0) is 17.0. The molecule has 3 rings (SSSR count). The van der Waals surface area contributed by atoms with Gasteiger partial charge in [0.15, 0.2) is 0 Å². The molecule has 1 amide bonds. The maximum absolute atomic E-state index is 11.9. The van der Waals surface area contributed by atoms with Gasteiger partial charge in [-0.1, -0.05) is 12.1 Å². The molecule has 2 heterocycles. The Kier molecular flexibility index (Phi) is 5.41. The van der Waals surface area contributed by atoms with Crippen molar-refractivity contribution in [2.45, 2.75) is 57.2 Å². The van der Waals surface area contributed by atoms with Crippen LogP contribution in [0.15, 0.2) is 24.3 Å². The maximum Gasteiger partial charge on any atom is 0.220 e. The number of fused-ring (bicyclic) bond motifs is 1. The molecule has 2 fully saturated rings. The molecule has 5 nitrogen and oxygen atoms in total. The Labute approximate surface area is 144 Å². The maximum atomic E-state index is 11.9. The lowest BCUT2D eigenvalue weighted by Gasteiger charge is -2.46. The molecule has 0 unspecified atom stereocenters. The predicted molar refractivity (Wildman–Crippen MR) is 92.9 cm³/mol. The predicted octanol–water partition coefficient (Wildman–Crippen LogP) is 2.08. The normalized spacial score (nSPS) is 27.9. The number of rotatable bonds is 5. The summed E-state index contributed by atoms with van der Waals surface area (Å²) in [5.41, 5.74) is 1.10. The number of hydrogen-bond donors (Lipinski definition) is 2. The molecule has 1 aromatic carbocycles. The number of piperidine rings is 1. The van der Waals surface area contributed by atoms with Crippen LogP contribution in [0.3, 0.4) is 0 Å². The summed E-state index contributed by atoms with van der Waals surface area (Å²) in [5.74, 6) is 0.992. The van der Waals surface area contributed by atoms with E-state index in [0.29, 0.717) is 19.1 Å². The fourth-order valence-corrected chi connectivity index (χ4v) is 4.15. The van der Waals surface area contributed by atoms with E-state index in [0.717, 1.165) is 38.1 Å². The second-order valence-corrected chi connectivity index (χ2v) is 7.17. The fraction of sp³-hybridized carbons (Fsp3) is 0.632. The number of amides is 1. The van der Waals surface area contributed by atoms with E-state index in [2.05, 4.69) is 29.3 Å². The van der Waals surface area contributed by atoms with Crippen molar-refractivity contribution < 1.29 is 14.6 Å². The van der Waals surface area contributed by atoms with Crippen LogP contribution in [0.4, 0.5) is 0 Å². The lowest BCUT2D eigenvalue weighted by atomic mass is 9.81. The molecule has 0 radical (unpaired) electrons. The molecule has 2 saturated heterocycles. The highest BCUT2D eigenvalue weighted by Crippen LogP contribution is 2.33. The van der Waals surface area contributed by atoms with Gasteiger partial charge in [-0.3, -0.25) is 9.69 Å². The fourth-order valence-electron chi connectivity index (χ4n) is 4.15. The van der Waals surface area contributed by atoms with Crippen LogP contribution in [0.5, 0.6) is 5.75 Å². The van der Waals surface area contributed by atoms with Crippen molar-refractivity contribution in [3.8, 4) is 5.75 Å². The zero-order valence-electron chi connectivity index (χ0n) is 14.5. The van der Waals surface area contributed by atoms with Crippen LogP contribution in [-0.2, 0) is 11.3 Å². The van der Waals surface area contributed by atoms with E-state index < -0.39 is 0 Å². The van der Waals surface area contributed by atoms with Crippen LogP contribution in [-0.4, -0.2) is 47.3 Å². The van der Waals surface area contributed by atoms with Crippen LogP contribution in [0.25, 0.3) is 0 Å². The van der Waals surface area contributed by atoms with Gasteiger partial charge in [-0.05, 0) is 56.8 Å². The number of carbonyl (C=O) groups is 1. The Morgan fingerprint density at radius 1 is 1.42 bits per heavy atom. The van der Waals surface area contributed by atoms with E-state index >= 15 is 0 Å². The Morgan fingerprint density at radius 3 is 3.12 bits per heavy atom. The minimum absolute atomic E-state index is 0.0243. The largest absolute Gasteiger partial charge is 0.491 e. The average molecular weight is 332 g/mol. The number of ether oxygens (including phenoxy) is 1. The molecule has 2 aliphatic rings. The number of likely N-dealkylation sites (tertiary alicyclic amines) is 1. The second-order valence-electron chi connectivity index (χ2n) is 7.17. The van der Waals surface area contributed by atoms with E-state index in [-0.39, 0.29) is 18.1 Å². The highest BCUT2D eigenvalue weighted by molar-refractivity contribution is 5.78. The smallest absolute Gasteiger partial charge is 0.220 e. The van der Waals surface area contributed by atoms with E-state index in [1.807, 2.05) is 12.1 Å². The van der Waals surface area contributed by atoms with E-state index in [9.17, 15) is 4.79 Å². The lowest BCUT2D eigenvalue weighted by Crippen LogP contribution is -2.62. The molecule has 1 aromatic rings. The first-order chi connectivity index (χ1) is 11.6. The van der Waals surface area contributed by atoms with Crippen molar-refractivity contribution in [1.29, 1.82) is 0 Å².